The number of nitrogens with two attached hydrogens (primary N) is 1. The minimum Gasteiger partial charge on any atom is -0.369 e. The predicted molar refractivity (Wildman–Crippen MR) is 111 cm³/mol. The lowest BCUT2D eigenvalue weighted by molar-refractivity contribution is 0.100. The lowest BCUT2D eigenvalue weighted by Gasteiger charge is -2.12. The molecule has 3 aromatic rings. The molecular weight excluding hydrogens is 354 g/mol. The summed E-state index contributed by atoms with van der Waals surface area (Å²) in [5.41, 5.74) is 6.76. The van der Waals surface area contributed by atoms with Crippen LogP contribution in [0.2, 0.25) is 0 Å². The summed E-state index contributed by atoms with van der Waals surface area (Å²) >= 11 is 0. The number of aromatic amines is 1. The summed E-state index contributed by atoms with van der Waals surface area (Å²) < 4.78 is 0. The number of nitrogens with one attached hydrogen (secondary N) is 3. The van der Waals surface area contributed by atoms with Crippen LogP contribution in [0.25, 0.3) is 10.8 Å². The van der Waals surface area contributed by atoms with Crippen LogP contribution in [0.5, 0.6) is 0 Å². The Hall–Kier alpha value is -3.35. The van der Waals surface area contributed by atoms with Crippen molar-refractivity contribution in [3.63, 3.8) is 0 Å². The van der Waals surface area contributed by atoms with Gasteiger partial charge in [0.05, 0.1) is 5.39 Å². The molecule has 7 heteroatoms. The van der Waals surface area contributed by atoms with Gasteiger partial charge in [0.25, 0.3) is 5.56 Å². The van der Waals surface area contributed by atoms with E-state index >= 15 is 0 Å². The Labute approximate surface area is 162 Å². The van der Waals surface area contributed by atoms with Gasteiger partial charge in [-0.3, -0.25) is 9.59 Å². The number of fused-ring (bicyclic) bond motifs is 1. The molecule has 1 fully saturated rings. The van der Waals surface area contributed by atoms with Gasteiger partial charge in [0.15, 0.2) is 0 Å². The maximum atomic E-state index is 12.3. The topological polar surface area (TPSA) is 113 Å². The monoisotopic (exact) mass is 377 g/mol. The van der Waals surface area contributed by atoms with Crippen molar-refractivity contribution in [1.82, 2.24) is 9.97 Å². The molecular formula is C21H23N5O2. The predicted octanol–water partition coefficient (Wildman–Crippen LogP) is 2.64. The van der Waals surface area contributed by atoms with E-state index in [2.05, 4.69) is 20.6 Å². The zero-order chi connectivity index (χ0) is 19.5. The van der Waals surface area contributed by atoms with Gasteiger partial charge in [0, 0.05) is 24.3 Å². The van der Waals surface area contributed by atoms with Gasteiger partial charge in [-0.15, -0.1) is 0 Å². The quantitative estimate of drug-likeness (QED) is 0.451. The zero-order valence-electron chi connectivity index (χ0n) is 15.5. The fourth-order valence-electron chi connectivity index (χ4n) is 3.19. The highest BCUT2D eigenvalue weighted by Crippen LogP contribution is 2.27. The van der Waals surface area contributed by atoms with Crippen LogP contribution in [0.4, 0.5) is 11.6 Å². The molecule has 1 saturated carbocycles. The summed E-state index contributed by atoms with van der Waals surface area (Å²) in [6.45, 7) is 0.681. The minimum atomic E-state index is -0.420. The van der Waals surface area contributed by atoms with Crippen molar-refractivity contribution in [2.24, 2.45) is 5.73 Å². The van der Waals surface area contributed by atoms with E-state index in [0.717, 1.165) is 42.5 Å². The molecule has 0 bridgehead atoms. The summed E-state index contributed by atoms with van der Waals surface area (Å²) in [7, 11) is 0. The van der Waals surface area contributed by atoms with Gasteiger partial charge < -0.3 is 21.4 Å². The van der Waals surface area contributed by atoms with E-state index in [0.29, 0.717) is 29.4 Å². The molecule has 0 unspecified atom stereocenters. The van der Waals surface area contributed by atoms with Crippen molar-refractivity contribution >= 4 is 28.3 Å². The minimum absolute atomic E-state index is 0.146. The van der Waals surface area contributed by atoms with Crippen LogP contribution in [-0.4, -0.2) is 28.5 Å². The number of pyridine rings is 2. The molecule has 7 nitrogen and oxygen atoms in total. The van der Waals surface area contributed by atoms with Gasteiger partial charge in [-0.2, -0.15) is 0 Å². The second-order valence-electron chi connectivity index (χ2n) is 7.14. The first-order valence-corrected chi connectivity index (χ1v) is 9.52. The molecule has 5 N–H and O–H groups in total. The molecule has 2 aromatic heterocycles. The molecule has 0 radical (unpaired) electrons. The smallest absolute Gasteiger partial charge is 0.259 e. The SMILES string of the molecule is NC(=O)c1ccc(CCCNc2nc(NC3CC3)cc3cc[nH]c(=O)c23)cc1. The fourth-order valence-corrected chi connectivity index (χ4v) is 3.19. The second-order valence-corrected chi connectivity index (χ2v) is 7.14. The number of rotatable bonds is 8. The second kappa shape index (κ2) is 7.72. The molecule has 1 aliphatic rings. The van der Waals surface area contributed by atoms with E-state index in [1.165, 1.54) is 0 Å². The molecule has 1 aliphatic carbocycles. The van der Waals surface area contributed by atoms with Gasteiger partial charge in [-0.05, 0) is 60.9 Å². The molecule has 0 atom stereocenters. The standard InChI is InChI=1S/C21H23N5O2/c22-19(27)14-5-3-13(4-6-14)2-1-10-23-20-18-15(9-11-24-21(18)28)12-17(26-20)25-16-7-8-16/h3-6,9,11-12,16H,1-2,7-8,10H2,(H2,22,27)(H,24,28)(H2,23,25,26). The van der Waals surface area contributed by atoms with Crippen LogP contribution < -0.4 is 21.9 Å². The molecule has 0 aliphatic heterocycles. The van der Waals surface area contributed by atoms with Gasteiger partial charge in [-0.1, -0.05) is 12.1 Å². The lowest BCUT2D eigenvalue weighted by atomic mass is 10.1. The Morgan fingerprint density at radius 2 is 2.00 bits per heavy atom. The number of anilines is 2. The summed E-state index contributed by atoms with van der Waals surface area (Å²) in [5.74, 6) is 0.979. The maximum Gasteiger partial charge on any atom is 0.259 e. The number of benzene rings is 1. The number of H-pyrrole nitrogens is 1. The number of primary amides is 1. The van der Waals surface area contributed by atoms with E-state index in [4.69, 9.17) is 5.73 Å². The molecule has 28 heavy (non-hydrogen) atoms. The normalized spacial score (nSPS) is 13.4. The Morgan fingerprint density at radius 1 is 1.21 bits per heavy atom. The molecule has 4 rings (SSSR count). The van der Waals surface area contributed by atoms with Crippen LogP contribution in [0, 0.1) is 0 Å². The third-order valence-electron chi connectivity index (χ3n) is 4.86. The Morgan fingerprint density at radius 3 is 2.71 bits per heavy atom. The van der Waals surface area contributed by atoms with E-state index in [-0.39, 0.29) is 5.56 Å². The van der Waals surface area contributed by atoms with Gasteiger partial charge in [0.1, 0.15) is 11.6 Å². The van der Waals surface area contributed by atoms with Crippen molar-refractivity contribution < 1.29 is 4.79 Å². The molecule has 1 aromatic carbocycles. The lowest BCUT2D eigenvalue weighted by Crippen LogP contribution is -2.13. The molecule has 144 valence electrons. The highest BCUT2D eigenvalue weighted by molar-refractivity contribution is 5.93. The third kappa shape index (κ3) is 4.14. The first kappa shape index (κ1) is 18.0. The Kier molecular flexibility index (Phi) is 4.97. The van der Waals surface area contributed by atoms with Gasteiger partial charge in [0.2, 0.25) is 5.91 Å². The summed E-state index contributed by atoms with van der Waals surface area (Å²) in [6, 6.07) is 11.6. The average molecular weight is 377 g/mol. The van der Waals surface area contributed by atoms with Crippen LogP contribution in [0.3, 0.4) is 0 Å². The van der Waals surface area contributed by atoms with E-state index in [9.17, 15) is 9.59 Å². The zero-order valence-corrected chi connectivity index (χ0v) is 15.5. The number of hydrogen-bond donors (Lipinski definition) is 4. The average Bonchev–Trinajstić information content (AvgIpc) is 3.49. The van der Waals surface area contributed by atoms with E-state index in [1.807, 2.05) is 24.3 Å². The largest absolute Gasteiger partial charge is 0.369 e. The number of nitrogens with zero attached hydrogens (tertiary/aromatic N) is 1. The maximum absolute atomic E-state index is 12.3. The molecule has 2 heterocycles. The van der Waals surface area contributed by atoms with Crippen LogP contribution in [0.15, 0.2) is 47.4 Å². The Balaban J connectivity index is 1.44. The van der Waals surface area contributed by atoms with E-state index < -0.39 is 5.91 Å². The third-order valence-corrected chi connectivity index (χ3v) is 4.86. The van der Waals surface area contributed by atoms with Gasteiger partial charge >= 0.3 is 0 Å². The number of carbonyl (C=O) groups is 1. The summed E-state index contributed by atoms with van der Waals surface area (Å²) in [5, 5.41) is 8.16. The molecule has 0 spiro atoms. The number of aryl methyl sites for hydroxylation is 1. The molecule has 0 saturated heterocycles. The van der Waals surface area contributed by atoms with Crippen LogP contribution >= 0.6 is 0 Å². The van der Waals surface area contributed by atoms with Crippen LogP contribution in [-0.2, 0) is 6.42 Å². The number of amides is 1. The number of aromatic nitrogens is 2. The first-order chi connectivity index (χ1) is 13.6. The number of carbonyl (C=O) groups excluding carboxylic acids is 1. The first-order valence-electron chi connectivity index (χ1n) is 9.52. The van der Waals surface area contributed by atoms with Crippen molar-refractivity contribution in [2.45, 2.75) is 31.7 Å². The van der Waals surface area contributed by atoms with E-state index in [1.54, 1.807) is 18.3 Å². The van der Waals surface area contributed by atoms with Crippen molar-refractivity contribution in [3.05, 3.63) is 64.1 Å². The molecule has 1 amide bonds. The Bertz CT molecular complexity index is 1050. The highest BCUT2D eigenvalue weighted by atomic mass is 16.1. The van der Waals surface area contributed by atoms with Crippen molar-refractivity contribution in [1.29, 1.82) is 0 Å². The number of hydrogen-bond acceptors (Lipinski definition) is 5. The van der Waals surface area contributed by atoms with Crippen molar-refractivity contribution in [3.8, 4) is 0 Å². The van der Waals surface area contributed by atoms with Gasteiger partial charge in [-0.25, -0.2) is 4.98 Å². The summed E-state index contributed by atoms with van der Waals surface area (Å²) in [6.07, 6.45) is 5.69. The summed E-state index contributed by atoms with van der Waals surface area (Å²) in [4.78, 5) is 30.8. The highest BCUT2D eigenvalue weighted by Gasteiger charge is 2.22. The van der Waals surface area contributed by atoms with Crippen LogP contribution in [0.1, 0.15) is 35.2 Å². The van der Waals surface area contributed by atoms with Crippen molar-refractivity contribution in [2.75, 3.05) is 17.2 Å². The fraction of sp³-hybridized carbons (Fsp3) is 0.286.